The summed E-state index contributed by atoms with van der Waals surface area (Å²) in [5, 5.41) is 19.0. The molecule has 3 heterocycles. The molecule has 12 heteroatoms. The number of benzene rings is 4. The van der Waals surface area contributed by atoms with E-state index in [2.05, 4.69) is 20.5 Å². The lowest BCUT2D eigenvalue weighted by Crippen LogP contribution is -2.61. The first-order valence-electron chi connectivity index (χ1n) is 22.0. The van der Waals surface area contributed by atoms with Gasteiger partial charge in [0, 0.05) is 50.8 Å². The molecule has 330 valence electrons. The van der Waals surface area contributed by atoms with E-state index in [0.29, 0.717) is 38.1 Å². The predicted octanol–water partition coefficient (Wildman–Crippen LogP) is 7.21. The van der Waals surface area contributed by atoms with Crippen LogP contribution < -0.4 is 15.4 Å². The van der Waals surface area contributed by atoms with Crippen LogP contribution in [0.4, 0.5) is 8.78 Å². The molecule has 0 aliphatic carbocycles. The van der Waals surface area contributed by atoms with Gasteiger partial charge >= 0.3 is 0 Å². The first kappa shape index (κ1) is 45.1. The number of amides is 3. The second kappa shape index (κ2) is 20.5. The molecule has 2 fully saturated rings. The first-order chi connectivity index (χ1) is 30.4. The smallest absolute Gasteiger partial charge is 0.249 e. The van der Waals surface area contributed by atoms with E-state index in [1.165, 1.54) is 19.1 Å². The van der Waals surface area contributed by atoms with Crippen molar-refractivity contribution in [1.82, 2.24) is 25.4 Å². The van der Waals surface area contributed by atoms with E-state index in [4.69, 9.17) is 4.74 Å². The zero-order chi connectivity index (χ0) is 44.5. The quantitative estimate of drug-likeness (QED) is 0.0852. The van der Waals surface area contributed by atoms with Gasteiger partial charge in [-0.3, -0.25) is 19.3 Å². The van der Waals surface area contributed by atoms with Crippen molar-refractivity contribution >= 4 is 17.7 Å². The molecule has 3 amide bonds. The Morgan fingerprint density at radius 1 is 0.889 bits per heavy atom. The largest absolute Gasteiger partial charge is 0.473 e. The highest BCUT2D eigenvalue weighted by atomic mass is 19.1. The topological polar surface area (TPSA) is 124 Å². The molecule has 7 atom stereocenters. The van der Waals surface area contributed by atoms with Crippen molar-refractivity contribution < 1.29 is 33.0 Å². The lowest BCUT2D eigenvalue weighted by molar-refractivity contribution is -0.144. The molecule has 0 radical (unpaired) electrons. The monoisotopic (exact) mass is 857 g/mol. The van der Waals surface area contributed by atoms with Crippen LogP contribution in [0.1, 0.15) is 74.8 Å². The van der Waals surface area contributed by atoms with Crippen molar-refractivity contribution in [1.29, 1.82) is 0 Å². The highest BCUT2D eigenvalue weighted by Crippen LogP contribution is 2.39. The zero-order valence-corrected chi connectivity index (χ0v) is 36.1. The number of rotatable bonds is 18. The number of aryl methyl sites for hydroxylation is 1. The van der Waals surface area contributed by atoms with Gasteiger partial charge in [-0.1, -0.05) is 117 Å². The Morgan fingerprint density at radius 3 is 2.10 bits per heavy atom. The highest BCUT2D eigenvalue weighted by molar-refractivity contribution is 5.96. The third-order valence-corrected chi connectivity index (χ3v) is 12.8. The van der Waals surface area contributed by atoms with E-state index >= 15 is 4.79 Å². The average Bonchev–Trinajstić information content (AvgIpc) is 3.84. The Kier molecular flexibility index (Phi) is 14.6. The standard InChI is InChI=1S/C51H57F2N5O5/c1-4-34(2)51(56-35(3)59)25-27-57(50(51)62)44(24-23-36-16-8-5-9-17-36)49(61)55-43(30-37-28-40(52)31-41(53)29-37)48(60)45-32-42(63-46-22-14-15-26-54-46)33-58(45)47(38-18-10-6-11-19-38)39-20-12-7-13-21-39/h5-22,26,28-29,31,34,42-45,47-48,60H,4,23-25,27,30,32-33H2,1-3H3,(H,55,61)(H,56,59)/t34-,42+,43+,44?,45-,48+,51?/m1/s1. The summed E-state index contributed by atoms with van der Waals surface area (Å²) >= 11 is 0. The molecule has 2 saturated heterocycles. The number of hydrogen-bond donors (Lipinski definition) is 3. The molecule has 2 unspecified atom stereocenters. The van der Waals surface area contributed by atoms with Crippen molar-refractivity contribution in [2.75, 3.05) is 13.1 Å². The summed E-state index contributed by atoms with van der Waals surface area (Å²) in [5.74, 6) is -2.55. The van der Waals surface area contributed by atoms with Crippen molar-refractivity contribution in [3.05, 3.63) is 167 Å². The minimum absolute atomic E-state index is 0.124. The van der Waals surface area contributed by atoms with E-state index in [-0.39, 0.29) is 48.7 Å². The predicted molar refractivity (Wildman–Crippen MR) is 237 cm³/mol. The third kappa shape index (κ3) is 10.6. The Balaban J connectivity index is 1.27. The van der Waals surface area contributed by atoms with Crippen LogP contribution >= 0.6 is 0 Å². The minimum Gasteiger partial charge on any atom is -0.473 e. The van der Waals surface area contributed by atoms with Gasteiger partial charge in [-0.2, -0.15) is 0 Å². The van der Waals surface area contributed by atoms with Gasteiger partial charge in [0.2, 0.25) is 23.6 Å². The number of aliphatic hydroxyl groups is 1. The molecule has 2 aliphatic rings. The number of halogens is 2. The molecule has 10 nitrogen and oxygen atoms in total. The summed E-state index contributed by atoms with van der Waals surface area (Å²) in [6, 6.07) is 35.1. The fourth-order valence-corrected chi connectivity index (χ4v) is 9.58. The summed E-state index contributed by atoms with van der Waals surface area (Å²) in [5.41, 5.74) is 1.97. The van der Waals surface area contributed by atoms with Crippen LogP contribution in [0, 0.1) is 17.6 Å². The highest BCUT2D eigenvalue weighted by Gasteiger charge is 2.53. The fourth-order valence-electron chi connectivity index (χ4n) is 9.58. The van der Waals surface area contributed by atoms with Crippen molar-refractivity contribution in [2.45, 2.75) is 101 Å². The molecule has 0 spiro atoms. The van der Waals surface area contributed by atoms with Crippen molar-refractivity contribution in [3.63, 3.8) is 0 Å². The van der Waals surface area contributed by atoms with Gasteiger partial charge in [-0.05, 0) is 72.1 Å². The second-order valence-corrected chi connectivity index (χ2v) is 17.0. The number of aliphatic hydroxyl groups excluding tert-OH is 1. The van der Waals surface area contributed by atoms with Gasteiger partial charge in [0.15, 0.2) is 0 Å². The first-order valence-corrected chi connectivity index (χ1v) is 22.0. The number of pyridine rings is 1. The van der Waals surface area contributed by atoms with Gasteiger partial charge in [-0.25, -0.2) is 13.8 Å². The van der Waals surface area contributed by atoms with Gasteiger partial charge in [0.1, 0.15) is 29.3 Å². The number of hydrogen-bond acceptors (Lipinski definition) is 7. The Labute approximate surface area is 368 Å². The average molecular weight is 858 g/mol. The number of carbonyl (C=O) groups is 3. The van der Waals surface area contributed by atoms with Crippen LogP contribution in [0.15, 0.2) is 134 Å². The molecule has 63 heavy (non-hydrogen) atoms. The lowest BCUT2D eigenvalue weighted by atomic mass is 9.81. The van der Waals surface area contributed by atoms with Crippen LogP contribution in [0.5, 0.6) is 5.88 Å². The Morgan fingerprint density at radius 2 is 1.51 bits per heavy atom. The molecule has 7 rings (SSSR count). The molecule has 4 aromatic carbocycles. The van der Waals surface area contributed by atoms with Crippen molar-refractivity contribution in [2.24, 2.45) is 5.92 Å². The van der Waals surface area contributed by atoms with Crippen LogP contribution in [-0.2, 0) is 27.2 Å². The summed E-state index contributed by atoms with van der Waals surface area (Å²) in [6.45, 7) is 5.88. The van der Waals surface area contributed by atoms with E-state index in [0.717, 1.165) is 22.8 Å². The zero-order valence-electron chi connectivity index (χ0n) is 36.1. The van der Waals surface area contributed by atoms with Crippen LogP contribution in [0.3, 0.4) is 0 Å². The number of likely N-dealkylation sites (tertiary alicyclic amines) is 2. The lowest BCUT2D eigenvalue weighted by Gasteiger charge is -2.39. The third-order valence-electron chi connectivity index (χ3n) is 12.8. The summed E-state index contributed by atoms with van der Waals surface area (Å²) in [6.07, 6.45) is 1.76. The Hall–Kier alpha value is -5.98. The van der Waals surface area contributed by atoms with E-state index in [1.54, 1.807) is 23.2 Å². The normalized spacial score (nSPS) is 20.9. The van der Waals surface area contributed by atoms with Crippen LogP contribution in [0.2, 0.25) is 0 Å². The summed E-state index contributed by atoms with van der Waals surface area (Å²) in [4.78, 5) is 50.5. The summed E-state index contributed by atoms with van der Waals surface area (Å²) in [7, 11) is 0. The van der Waals surface area contributed by atoms with E-state index < -0.39 is 53.4 Å². The van der Waals surface area contributed by atoms with Gasteiger partial charge in [-0.15, -0.1) is 0 Å². The van der Waals surface area contributed by atoms with Crippen LogP contribution in [-0.4, -0.2) is 86.6 Å². The van der Waals surface area contributed by atoms with E-state index in [1.807, 2.05) is 111 Å². The molecule has 0 bridgehead atoms. The maximum atomic E-state index is 15.1. The van der Waals surface area contributed by atoms with Gasteiger partial charge in [0.05, 0.1) is 18.2 Å². The molecule has 2 aliphatic heterocycles. The summed E-state index contributed by atoms with van der Waals surface area (Å²) < 4.78 is 36.2. The number of nitrogens with zero attached hydrogens (tertiary/aromatic N) is 3. The second-order valence-electron chi connectivity index (χ2n) is 17.0. The van der Waals surface area contributed by atoms with Crippen LogP contribution in [0.25, 0.3) is 0 Å². The molecular weight excluding hydrogens is 801 g/mol. The number of nitrogens with one attached hydrogen (secondary N) is 2. The maximum Gasteiger partial charge on any atom is 0.249 e. The molecule has 0 saturated carbocycles. The van der Waals surface area contributed by atoms with Gasteiger partial charge in [0.25, 0.3) is 0 Å². The maximum absolute atomic E-state index is 15.1. The number of carbonyl (C=O) groups excluding carboxylic acids is 3. The number of ether oxygens (including phenoxy) is 1. The molecular formula is C51H57F2N5O5. The molecule has 3 N–H and O–H groups in total. The van der Waals surface area contributed by atoms with Crippen molar-refractivity contribution in [3.8, 4) is 5.88 Å². The van der Waals surface area contributed by atoms with Gasteiger partial charge < -0.3 is 25.4 Å². The minimum atomic E-state index is -1.31. The fraction of sp³-hybridized carbons (Fsp3) is 0.373. The Bertz CT molecular complexity index is 2230. The molecule has 5 aromatic rings. The SMILES string of the molecule is CC[C@@H](C)C1(NC(C)=O)CCN(C(CCc2ccccc2)C(=O)N[C@@H](Cc2cc(F)cc(F)c2)[C@H](O)[C@H]2C[C@H](Oc3ccccn3)CN2C(c2ccccc2)c2ccccc2)C1=O. The van der Waals surface area contributed by atoms with E-state index in [9.17, 15) is 23.5 Å². The number of aromatic nitrogens is 1. The molecule has 1 aromatic heterocycles.